The lowest BCUT2D eigenvalue weighted by molar-refractivity contribution is -0.129. The molecule has 0 unspecified atom stereocenters. The fourth-order valence-electron chi connectivity index (χ4n) is 2.37. The first-order chi connectivity index (χ1) is 10.1. The lowest BCUT2D eigenvalue weighted by Gasteiger charge is -2.31. The molecule has 6 nitrogen and oxygen atoms in total. The number of hydrogen-bond acceptors (Lipinski definition) is 3. The average Bonchev–Trinajstić information content (AvgIpc) is 2.48. The molecule has 1 saturated heterocycles. The Balaban J connectivity index is 1.78. The summed E-state index contributed by atoms with van der Waals surface area (Å²) in [6.07, 6.45) is 1.57. The van der Waals surface area contributed by atoms with E-state index in [4.69, 9.17) is 4.74 Å². The fourth-order valence-corrected chi connectivity index (χ4v) is 2.37. The molecule has 1 heterocycles. The summed E-state index contributed by atoms with van der Waals surface area (Å²) in [6, 6.07) is 7.05. The number of hydrogen-bond donors (Lipinski definition) is 2. The number of piperidine rings is 1. The van der Waals surface area contributed by atoms with Crippen LogP contribution in [0, 0.1) is 0 Å². The van der Waals surface area contributed by atoms with Crippen molar-refractivity contribution in [3.8, 4) is 5.75 Å². The molecule has 114 valence electrons. The lowest BCUT2D eigenvalue weighted by Crippen LogP contribution is -2.47. The van der Waals surface area contributed by atoms with Gasteiger partial charge in [0.05, 0.1) is 7.11 Å². The van der Waals surface area contributed by atoms with Crippen LogP contribution in [0.25, 0.3) is 0 Å². The number of rotatable bonds is 3. The molecule has 1 aromatic rings. The van der Waals surface area contributed by atoms with Crippen LogP contribution in [-0.2, 0) is 4.79 Å². The van der Waals surface area contributed by atoms with Crippen molar-refractivity contribution in [3.05, 3.63) is 24.3 Å². The minimum Gasteiger partial charge on any atom is -0.497 e. The van der Waals surface area contributed by atoms with E-state index >= 15 is 0 Å². The van der Waals surface area contributed by atoms with Gasteiger partial charge < -0.3 is 20.3 Å². The standard InChI is InChI=1S/C15H21N3O3/c1-11(19)18-9-7-13(8-10-18)17-15(20)16-12-3-5-14(21-2)6-4-12/h3-6,13H,7-10H2,1-2H3,(H2,16,17,20). The maximum Gasteiger partial charge on any atom is 0.319 e. The zero-order chi connectivity index (χ0) is 15.2. The van der Waals surface area contributed by atoms with Crippen LogP contribution < -0.4 is 15.4 Å². The van der Waals surface area contributed by atoms with Crippen LogP contribution in [0.1, 0.15) is 19.8 Å². The topological polar surface area (TPSA) is 70.7 Å². The number of carbonyl (C=O) groups is 2. The number of carbonyl (C=O) groups excluding carboxylic acids is 2. The van der Waals surface area contributed by atoms with Crippen molar-refractivity contribution in [2.24, 2.45) is 0 Å². The number of anilines is 1. The summed E-state index contributed by atoms with van der Waals surface area (Å²) in [5.74, 6) is 0.841. The van der Waals surface area contributed by atoms with E-state index in [2.05, 4.69) is 10.6 Å². The molecule has 2 N–H and O–H groups in total. The van der Waals surface area contributed by atoms with Gasteiger partial charge in [0.2, 0.25) is 5.91 Å². The van der Waals surface area contributed by atoms with E-state index < -0.39 is 0 Å². The van der Waals surface area contributed by atoms with Crippen molar-refractivity contribution in [2.45, 2.75) is 25.8 Å². The van der Waals surface area contributed by atoms with Crippen LogP contribution in [0.5, 0.6) is 5.75 Å². The first kappa shape index (κ1) is 15.2. The summed E-state index contributed by atoms with van der Waals surface area (Å²) in [5, 5.41) is 5.72. The third-order valence-corrected chi connectivity index (χ3v) is 3.62. The molecule has 0 spiro atoms. The second-order valence-electron chi connectivity index (χ2n) is 5.11. The third-order valence-electron chi connectivity index (χ3n) is 3.62. The van der Waals surface area contributed by atoms with Crippen molar-refractivity contribution >= 4 is 17.6 Å². The summed E-state index contributed by atoms with van der Waals surface area (Å²) in [7, 11) is 1.60. The summed E-state index contributed by atoms with van der Waals surface area (Å²) in [5.41, 5.74) is 0.717. The summed E-state index contributed by atoms with van der Waals surface area (Å²) in [6.45, 7) is 2.97. The minimum atomic E-state index is -0.221. The molecule has 21 heavy (non-hydrogen) atoms. The summed E-state index contributed by atoms with van der Waals surface area (Å²) >= 11 is 0. The maximum atomic E-state index is 11.9. The molecule has 1 aliphatic heterocycles. The molecular formula is C15H21N3O3. The van der Waals surface area contributed by atoms with Gasteiger partial charge in [0, 0.05) is 31.7 Å². The van der Waals surface area contributed by atoms with Crippen LogP contribution in [0.4, 0.5) is 10.5 Å². The normalized spacial score (nSPS) is 15.4. The highest BCUT2D eigenvalue weighted by molar-refractivity contribution is 5.89. The predicted octanol–water partition coefficient (Wildman–Crippen LogP) is 1.83. The van der Waals surface area contributed by atoms with E-state index in [9.17, 15) is 9.59 Å². The zero-order valence-electron chi connectivity index (χ0n) is 12.4. The van der Waals surface area contributed by atoms with Crippen molar-refractivity contribution in [3.63, 3.8) is 0 Å². The van der Waals surface area contributed by atoms with Crippen LogP contribution in [0.3, 0.4) is 0 Å². The van der Waals surface area contributed by atoms with Crippen molar-refractivity contribution in [1.29, 1.82) is 0 Å². The highest BCUT2D eigenvalue weighted by Gasteiger charge is 2.21. The third kappa shape index (κ3) is 4.37. The molecule has 0 atom stereocenters. The van der Waals surface area contributed by atoms with Crippen molar-refractivity contribution < 1.29 is 14.3 Å². The van der Waals surface area contributed by atoms with Gasteiger partial charge in [-0.05, 0) is 37.1 Å². The lowest BCUT2D eigenvalue weighted by atomic mass is 10.1. The summed E-state index contributed by atoms with van der Waals surface area (Å²) < 4.78 is 5.06. The van der Waals surface area contributed by atoms with E-state index in [1.807, 2.05) is 0 Å². The highest BCUT2D eigenvalue weighted by Crippen LogP contribution is 2.15. The van der Waals surface area contributed by atoms with E-state index in [1.165, 1.54) is 0 Å². The average molecular weight is 291 g/mol. The predicted molar refractivity (Wildman–Crippen MR) is 80.4 cm³/mol. The van der Waals surface area contributed by atoms with Gasteiger partial charge in [-0.2, -0.15) is 0 Å². The molecular weight excluding hydrogens is 270 g/mol. The van der Waals surface area contributed by atoms with Crippen LogP contribution >= 0.6 is 0 Å². The monoisotopic (exact) mass is 291 g/mol. The highest BCUT2D eigenvalue weighted by atomic mass is 16.5. The Bertz CT molecular complexity index is 493. The molecule has 0 saturated carbocycles. The Kier molecular flexibility index (Phi) is 5.03. The number of urea groups is 1. The number of nitrogens with one attached hydrogen (secondary N) is 2. The summed E-state index contributed by atoms with van der Waals surface area (Å²) in [4.78, 5) is 25.0. The Labute approximate surface area is 124 Å². The first-order valence-corrected chi connectivity index (χ1v) is 7.05. The van der Waals surface area contributed by atoms with E-state index in [0.717, 1.165) is 24.3 Å². The number of amides is 3. The van der Waals surface area contributed by atoms with Gasteiger partial charge in [0.25, 0.3) is 0 Å². The van der Waals surface area contributed by atoms with Gasteiger partial charge in [-0.25, -0.2) is 4.79 Å². The van der Waals surface area contributed by atoms with Crippen molar-refractivity contribution in [1.82, 2.24) is 10.2 Å². The van der Waals surface area contributed by atoms with E-state index in [1.54, 1.807) is 43.2 Å². The van der Waals surface area contributed by atoms with Gasteiger partial charge in [-0.15, -0.1) is 0 Å². The number of ether oxygens (including phenoxy) is 1. The molecule has 0 radical (unpaired) electrons. The van der Waals surface area contributed by atoms with Crippen LogP contribution in [0.15, 0.2) is 24.3 Å². The molecule has 3 amide bonds. The SMILES string of the molecule is COc1ccc(NC(=O)NC2CCN(C(C)=O)CC2)cc1. The molecule has 6 heteroatoms. The molecule has 0 aliphatic carbocycles. The van der Waals surface area contributed by atoms with Crippen molar-refractivity contribution in [2.75, 3.05) is 25.5 Å². The molecule has 0 bridgehead atoms. The van der Waals surface area contributed by atoms with Gasteiger partial charge in [0.15, 0.2) is 0 Å². The second kappa shape index (κ2) is 6.97. The quantitative estimate of drug-likeness (QED) is 0.892. The van der Waals surface area contributed by atoms with E-state index in [-0.39, 0.29) is 18.0 Å². The Morgan fingerprint density at radius 1 is 1.19 bits per heavy atom. The molecule has 2 rings (SSSR count). The Hall–Kier alpha value is -2.24. The molecule has 0 aromatic heterocycles. The van der Waals surface area contributed by atoms with E-state index in [0.29, 0.717) is 13.1 Å². The largest absolute Gasteiger partial charge is 0.497 e. The first-order valence-electron chi connectivity index (χ1n) is 7.05. The number of methoxy groups -OCH3 is 1. The Morgan fingerprint density at radius 2 is 1.81 bits per heavy atom. The van der Waals surface area contributed by atoms with Gasteiger partial charge in [0.1, 0.15) is 5.75 Å². The smallest absolute Gasteiger partial charge is 0.319 e. The van der Waals surface area contributed by atoms with Crippen LogP contribution in [0.2, 0.25) is 0 Å². The molecule has 1 aliphatic rings. The zero-order valence-corrected chi connectivity index (χ0v) is 12.4. The number of benzene rings is 1. The fraction of sp³-hybridized carbons (Fsp3) is 0.467. The second-order valence-corrected chi connectivity index (χ2v) is 5.11. The number of nitrogens with zero attached hydrogens (tertiary/aromatic N) is 1. The molecule has 1 fully saturated rings. The van der Waals surface area contributed by atoms with Gasteiger partial charge in [-0.3, -0.25) is 4.79 Å². The Morgan fingerprint density at radius 3 is 2.33 bits per heavy atom. The minimum absolute atomic E-state index is 0.0936. The van der Waals surface area contributed by atoms with Gasteiger partial charge in [-0.1, -0.05) is 0 Å². The number of likely N-dealkylation sites (tertiary alicyclic amines) is 1. The van der Waals surface area contributed by atoms with Gasteiger partial charge >= 0.3 is 6.03 Å². The van der Waals surface area contributed by atoms with Crippen LogP contribution in [-0.4, -0.2) is 43.1 Å². The molecule has 1 aromatic carbocycles. The maximum absolute atomic E-state index is 11.9.